The summed E-state index contributed by atoms with van der Waals surface area (Å²) < 4.78 is 38.7. The van der Waals surface area contributed by atoms with E-state index in [9.17, 15) is 13.2 Å². The van der Waals surface area contributed by atoms with Crippen molar-refractivity contribution < 1.29 is 13.2 Å². The fourth-order valence-corrected chi connectivity index (χ4v) is 2.03. The number of nitrogens with zero attached hydrogens (tertiary/aromatic N) is 3. The summed E-state index contributed by atoms with van der Waals surface area (Å²) in [5, 5.41) is 0. The summed E-state index contributed by atoms with van der Waals surface area (Å²) in [5.41, 5.74) is 0.497. The maximum Gasteiger partial charge on any atom is 0.418 e. The molecule has 2 heterocycles. The summed E-state index contributed by atoms with van der Waals surface area (Å²) in [6.07, 6.45) is 1.19. The van der Waals surface area contributed by atoms with Crippen molar-refractivity contribution in [1.29, 1.82) is 0 Å². The van der Waals surface area contributed by atoms with Gasteiger partial charge in [-0.2, -0.15) is 13.2 Å². The summed E-state index contributed by atoms with van der Waals surface area (Å²) in [6.45, 7) is 0.818. The quantitative estimate of drug-likeness (QED) is 0.848. The van der Waals surface area contributed by atoms with Crippen LogP contribution in [0.4, 0.5) is 13.2 Å². The van der Waals surface area contributed by atoms with E-state index >= 15 is 0 Å². The van der Waals surface area contributed by atoms with Crippen LogP contribution >= 0.6 is 0 Å². The fraction of sp³-hybridized carbons (Fsp3) is 0.333. The van der Waals surface area contributed by atoms with E-state index in [1.807, 2.05) is 17.0 Å². The van der Waals surface area contributed by atoms with E-state index in [4.69, 9.17) is 0 Å². The van der Waals surface area contributed by atoms with Gasteiger partial charge in [-0.1, -0.05) is 0 Å². The predicted octanol–water partition coefficient (Wildman–Crippen LogP) is 3.17. The highest BCUT2D eigenvalue weighted by Gasteiger charge is 2.33. The number of halogens is 3. The summed E-state index contributed by atoms with van der Waals surface area (Å²) in [6, 6.07) is 6.17. The first-order chi connectivity index (χ1) is 9.97. The largest absolute Gasteiger partial charge is 0.418 e. The van der Waals surface area contributed by atoms with Crippen LogP contribution in [0.1, 0.15) is 16.8 Å². The van der Waals surface area contributed by atoms with Crippen molar-refractivity contribution in [3.05, 3.63) is 59.7 Å². The molecule has 0 aliphatic heterocycles. The molecule has 2 aromatic rings. The lowest BCUT2D eigenvalue weighted by atomic mass is 10.1. The first-order valence-electron chi connectivity index (χ1n) is 6.55. The second-order valence-electron chi connectivity index (χ2n) is 4.84. The number of rotatable bonds is 5. The minimum absolute atomic E-state index is 0.0576. The third kappa shape index (κ3) is 4.53. The Hall–Kier alpha value is -1.95. The predicted molar refractivity (Wildman–Crippen MR) is 73.5 cm³/mol. The third-order valence-corrected chi connectivity index (χ3v) is 3.15. The number of likely N-dealkylation sites (N-methyl/N-ethyl adjacent to an activating group) is 1. The summed E-state index contributed by atoms with van der Waals surface area (Å²) in [7, 11) is 1.79. The van der Waals surface area contributed by atoms with E-state index in [-0.39, 0.29) is 12.2 Å². The Morgan fingerprint density at radius 1 is 1.10 bits per heavy atom. The second-order valence-corrected chi connectivity index (χ2v) is 4.84. The Bertz CT molecular complexity index is 570. The van der Waals surface area contributed by atoms with Gasteiger partial charge < -0.3 is 4.90 Å². The highest BCUT2D eigenvalue weighted by Crippen LogP contribution is 2.31. The molecule has 0 radical (unpaired) electrons. The van der Waals surface area contributed by atoms with Gasteiger partial charge in [0, 0.05) is 31.7 Å². The molecule has 0 fully saturated rings. The number of hydrogen-bond acceptors (Lipinski definition) is 3. The van der Waals surface area contributed by atoms with Crippen LogP contribution < -0.4 is 0 Å². The molecular formula is C15H16F3N3. The maximum absolute atomic E-state index is 12.9. The summed E-state index contributed by atoms with van der Waals surface area (Å²) >= 11 is 0. The zero-order valence-corrected chi connectivity index (χ0v) is 11.6. The van der Waals surface area contributed by atoms with Gasteiger partial charge in [0.25, 0.3) is 0 Å². The number of aromatic nitrogens is 2. The molecule has 0 bridgehead atoms. The standard InChI is InChI=1S/C15H16F3N3/c1-21(10-6-12-4-8-19-9-5-12)11-14-13(15(16,17)18)3-2-7-20-14/h2-5,7-9H,6,10-11H2,1H3. The minimum atomic E-state index is -4.37. The number of pyridine rings is 2. The monoisotopic (exact) mass is 295 g/mol. The lowest BCUT2D eigenvalue weighted by molar-refractivity contribution is -0.138. The average Bonchev–Trinajstić information content (AvgIpc) is 2.46. The lowest BCUT2D eigenvalue weighted by Gasteiger charge is -2.19. The second kappa shape index (κ2) is 6.67. The molecule has 0 spiro atoms. The number of alkyl halides is 3. The van der Waals surface area contributed by atoms with Gasteiger partial charge in [0.1, 0.15) is 0 Å². The smallest absolute Gasteiger partial charge is 0.300 e. The van der Waals surface area contributed by atoms with Crippen molar-refractivity contribution in [3.63, 3.8) is 0 Å². The van der Waals surface area contributed by atoms with E-state index < -0.39 is 11.7 Å². The van der Waals surface area contributed by atoms with Crippen molar-refractivity contribution in [2.24, 2.45) is 0 Å². The molecule has 0 atom stereocenters. The van der Waals surface area contributed by atoms with E-state index in [0.717, 1.165) is 18.1 Å². The molecule has 3 nitrogen and oxygen atoms in total. The highest BCUT2D eigenvalue weighted by molar-refractivity contribution is 5.23. The fourth-order valence-electron chi connectivity index (χ4n) is 2.03. The normalized spacial score (nSPS) is 11.9. The van der Waals surface area contributed by atoms with Gasteiger partial charge in [-0.25, -0.2) is 0 Å². The van der Waals surface area contributed by atoms with Crippen LogP contribution in [0, 0.1) is 0 Å². The van der Waals surface area contributed by atoms with Crippen LogP contribution in [-0.4, -0.2) is 28.5 Å². The van der Waals surface area contributed by atoms with Crippen molar-refractivity contribution in [2.75, 3.05) is 13.6 Å². The molecular weight excluding hydrogens is 279 g/mol. The van der Waals surface area contributed by atoms with Gasteiger partial charge in [-0.15, -0.1) is 0 Å². The molecule has 0 N–H and O–H groups in total. The summed E-state index contributed by atoms with van der Waals surface area (Å²) in [5.74, 6) is 0. The Morgan fingerprint density at radius 2 is 1.81 bits per heavy atom. The molecule has 0 amide bonds. The molecule has 0 aliphatic carbocycles. The molecule has 6 heteroatoms. The Balaban J connectivity index is 1.98. The van der Waals surface area contributed by atoms with Crippen molar-refractivity contribution >= 4 is 0 Å². The third-order valence-electron chi connectivity index (χ3n) is 3.15. The van der Waals surface area contributed by atoms with Crippen LogP contribution in [0.3, 0.4) is 0 Å². The maximum atomic E-state index is 12.9. The molecule has 2 aromatic heterocycles. The van der Waals surface area contributed by atoms with Crippen LogP contribution in [-0.2, 0) is 19.1 Å². The summed E-state index contributed by atoms with van der Waals surface area (Å²) in [4.78, 5) is 9.63. The average molecular weight is 295 g/mol. The Labute approximate surface area is 121 Å². The molecule has 21 heavy (non-hydrogen) atoms. The molecule has 0 unspecified atom stereocenters. The molecule has 0 aliphatic rings. The zero-order valence-electron chi connectivity index (χ0n) is 11.6. The van der Waals surface area contributed by atoms with Gasteiger partial charge in [-0.05, 0) is 43.3 Å². The topological polar surface area (TPSA) is 29.0 Å². The van der Waals surface area contributed by atoms with Crippen LogP contribution in [0.5, 0.6) is 0 Å². The molecule has 0 aromatic carbocycles. The minimum Gasteiger partial charge on any atom is -0.300 e. The van der Waals surface area contributed by atoms with Gasteiger partial charge in [0.2, 0.25) is 0 Å². The SMILES string of the molecule is CN(CCc1ccncc1)Cc1ncccc1C(F)(F)F. The first-order valence-corrected chi connectivity index (χ1v) is 6.55. The van der Waals surface area contributed by atoms with Crippen LogP contribution in [0.25, 0.3) is 0 Å². The van der Waals surface area contributed by atoms with Crippen molar-refractivity contribution in [2.45, 2.75) is 19.1 Å². The van der Waals surface area contributed by atoms with Gasteiger partial charge >= 0.3 is 6.18 Å². The highest BCUT2D eigenvalue weighted by atomic mass is 19.4. The van der Waals surface area contributed by atoms with Crippen LogP contribution in [0.2, 0.25) is 0 Å². The Kier molecular flexibility index (Phi) is 4.90. The zero-order chi connectivity index (χ0) is 15.3. The molecule has 0 saturated carbocycles. The number of hydrogen-bond donors (Lipinski definition) is 0. The van der Waals surface area contributed by atoms with Gasteiger partial charge in [0.15, 0.2) is 0 Å². The van der Waals surface area contributed by atoms with E-state index in [1.165, 1.54) is 12.3 Å². The lowest BCUT2D eigenvalue weighted by Crippen LogP contribution is -2.23. The van der Waals surface area contributed by atoms with E-state index in [0.29, 0.717) is 6.54 Å². The molecule has 2 rings (SSSR count). The van der Waals surface area contributed by atoms with Gasteiger partial charge in [-0.3, -0.25) is 9.97 Å². The van der Waals surface area contributed by atoms with Crippen LogP contribution in [0.15, 0.2) is 42.9 Å². The van der Waals surface area contributed by atoms with Crippen molar-refractivity contribution in [3.8, 4) is 0 Å². The first kappa shape index (κ1) is 15.4. The van der Waals surface area contributed by atoms with Crippen molar-refractivity contribution in [1.82, 2.24) is 14.9 Å². The molecule has 112 valence electrons. The molecule has 0 saturated heterocycles. The Morgan fingerprint density at radius 3 is 2.48 bits per heavy atom. The van der Waals surface area contributed by atoms with Gasteiger partial charge in [0.05, 0.1) is 11.3 Å². The van der Waals surface area contributed by atoms with E-state index in [2.05, 4.69) is 9.97 Å². The van der Waals surface area contributed by atoms with E-state index in [1.54, 1.807) is 19.4 Å².